The van der Waals surface area contributed by atoms with Crippen molar-refractivity contribution in [2.24, 2.45) is 0 Å². The SMILES string of the molecule is Cc1cc(C)cc(-c2nc3ccccc3cc2C)c1.Cc1cc(C)cc(B(O)O)c1.Cc1cc2ccccc2nc1Cl. The van der Waals surface area contributed by atoms with Crippen LogP contribution in [0.1, 0.15) is 33.4 Å². The minimum absolute atomic E-state index is 0.558. The second-order valence-corrected chi connectivity index (χ2v) is 11.2. The van der Waals surface area contributed by atoms with Crippen LogP contribution in [-0.2, 0) is 0 Å². The van der Waals surface area contributed by atoms with Gasteiger partial charge in [0.2, 0.25) is 0 Å². The number of fused-ring (bicyclic) bond motifs is 2. The minimum atomic E-state index is -1.35. The highest BCUT2D eigenvalue weighted by atomic mass is 35.5. The summed E-state index contributed by atoms with van der Waals surface area (Å²) in [4.78, 5) is 9.07. The average Bonchev–Trinajstić information content (AvgIpc) is 2.93. The van der Waals surface area contributed by atoms with Gasteiger partial charge in [-0.1, -0.05) is 94.5 Å². The Kier molecular flexibility index (Phi) is 10.1. The molecular formula is C36H36BClN2O2. The van der Waals surface area contributed by atoms with Crippen molar-refractivity contribution in [3.8, 4) is 11.3 Å². The highest BCUT2D eigenvalue weighted by Crippen LogP contribution is 2.26. The Morgan fingerprint density at radius 2 is 1.00 bits per heavy atom. The summed E-state index contributed by atoms with van der Waals surface area (Å²) in [5.74, 6) is 0. The van der Waals surface area contributed by atoms with Gasteiger partial charge in [-0.2, -0.15) is 0 Å². The Morgan fingerprint density at radius 3 is 1.52 bits per heavy atom. The van der Waals surface area contributed by atoms with Crippen LogP contribution < -0.4 is 5.46 Å². The molecule has 2 N–H and O–H groups in total. The Morgan fingerprint density at radius 1 is 0.548 bits per heavy atom. The van der Waals surface area contributed by atoms with Crippen LogP contribution in [0.2, 0.25) is 5.15 Å². The molecule has 6 heteroatoms. The molecule has 0 saturated heterocycles. The zero-order valence-electron chi connectivity index (χ0n) is 25.0. The molecule has 42 heavy (non-hydrogen) atoms. The molecule has 6 aromatic rings. The molecule has 4 aromatic carbocycles. The number of hydrogen-bond acceptors (Lipinski definition) is 4. The maximum Gasteiger partial charge on any atom is 0.488 e. The van der Waals surface area contributed by atoms with Gasteiger partial charge in [-0.3, -0.25) is 0 Å². The van der Waals surface area contributed by atoms with Crippen LogP contribution in [0.15, 0.2) is 97.1 Å². The van der Waals surface area contributed by atoms with Crippen molar-refractivity contribution in [2.45, 2.75) is 41.5 Å². The second kappa shape index (κ2) is 13.8. The van der Waals surface area contributed by atoms with Crippen molar-refractivity contribution in [1.82, 2.24) is 9.97 Å². The third-order valence-corrected chi connectivity index (χ3v) is 7.19. The van der Waals surface area contributed by atoms with E-state index in [1.54, 1.807) is 12.1 Å². The Hall–Kier alpha value is -4.03. The van der Waals surface area contributed by atoms with E-state index in [1.165, 1.54) is 27.6 Å². The lowest BCUT2D eigenvalue weighted by atomic mass is 9.79. The third kappa shape index (κ3) is 8.04. The summed E-state index contributed by atoms with van der Waals surface area (Å²) >= 11 is 5.88. The Labute approximate surface area is 253 Å². The van der Waals surface area contributed by atoms with Crippen molar-refractivity contribution < 1.29 is 10.0 Å². The van der Waals surface area contributed by atoms with Crippen molar-refractivity contribution in [3.05, 3.63) is 136 Å². The number of halogens is 1. The molecule has 212 valence electrons. The topological polar surface area (TPSA) is 66.2 Å². The van der Waals surface area contributed by atoms with E-state index in [4.69, 9.17) is 26.6 Å². The van der Waals surface area contributed by atoms with Crippen LogP contribution in [0.25, 0.3) is 33.1 Å². The van der Waals surface area contributed by atoms with Crippen molar-refractivity contribution in [2.75, 3.05) is 0 Å². The molecule has 0 spiro atoms. The Bertz CT molecular complexity index is 1770. The first-order chi connectivity index (χ1) is 20.0. The van der Waals surface area contributed by atoms with Crippen LogP contribution >= 0.6 is 11.6 Å². The fraction of sp³-hybridized carbons (Fsp3) is 0.167. The summed E-state index contributed by atoms with van der Waals surface area (Å²) in [5, 5.41) is 20.6. The van der Waals surface area contributed by atoms with Crippen molar-refractivity contribution in [1.29, 1.82) is 0 Å². The normalized spacial score (nSPS) is 10.5. The molecule has 4 nitrogen and oxygen atoms in total. The van der Waals surface area contributed by atoms with Crippen LogP contribution in [0.4, 0.5) is 0 Å². The molecule has 0 aliphatic carbocycles. The minimum Gasteiger partial charge on any atom is -0.423 e. The van der Waals surface area contributed by atoms with Gasteiger partial charge in [0, 0.05) is 16.3 Å². The molecule has 0 radical (unpaired) electrons. The second-order valence-electron chi connectivity index (χ2n) is 10.8. The number of benzene rings is 4. The van der Waals surface area contributed by atoms with E-state index >= 15 is 0 Å². The fourth-order valence-electron chi connectivity index (χ4n) is 4.98. The zero-order valence-corrected chi connectivity index (χ0v) is 25.7. The molecule has 2 heterocycles. The number of aryl methyl sites for hydroxylation is 6. The smallest absolute Gasteiger partial charge is 0.423 e. The maximum absolute atomic E-state index is 8.83. The summed E-state index contributed by atoms with van der Waals surface area (Å²) in [6, 6.07) is 32.6. The third-order valence-electron chi connectivity index (χ3n) is 6.80. The lowest BCUT2D eigenvalue weighted by Crippen LogP contribution is -2.30. The molecule has 0 aliphatic rings. The summed E-state index contributed by atoms with van der Waals surface area (Å²) in [6.45, 7) is 12.2. The quantitative estimate of drug-likeness (QED) is 0.162. The van der Waals surface area contributed by atoms with Crippen LogP contribution in [0.5, 0.6) is 0 Å². The lowest BCUT2D eigenvalue weighted by molar-refractivity contribution is 0.425. The molecule has 0 atom stereocenters. The van der Waals surface area contributed by atoms with Gasteiger partial charge in [0.15, 0.2) is 0 Å². The fourth-order valence-corrected chi connectivity index (χ4v) is 5.13. The van der Waals surface area contributed by atoms with Crippen LogP contribution in [-0.4, -0.2) is 27.1 Å². The Balaban J connectivity index is 0.000000153. The zero-order chi connectivity index (χ0) is 30.4. The van der Waals surface area contributed by atoms with E-state index < -0.39 is 7.12 Å². The molecule has 0 amide bonds. The van der Waals surface area contributed by atoms with Gasteiger partial charge < -0.3 is 10.0 Å². The molecule has 0 bridgehead atoms. The first-order valence-electron chi connectivity index (χ1n) is 13.9. The van der Waals surface area contributed by atoms with Gasteiger partial charge in [-0.25, -0.2) is 9.97 Å². The predicted octanol–water partition coefficient (Wildman–Crippen LogP) is 8.01. The molecule has 0 saturated carbocycles. The van der Waals surface area contributed by atoms with Gasteiger partial charge in [-0.05, 0) is 94.5 Å². The van der Waals surface area contributed by atoms with E-state index in [1.807, 2.05) is 63.2 Å². The molecule has 0 fully saturated rings. The lowest BCUT2D eigenvalue weighted by Gasteiger charge is -2.09. The van der Waals surface area contributed by atoms with Crippen LogP contribution in [0.3, 0.4) is 0 Å². The molecule has 0 aliphatic heterocycles. The summed E-state index contributed by atoms with van der Waals surface area (Å²) in [5.41, 5.74) is 11.8. The van der Waals surface area contributed by atoms with Crippen molar-refractivity contribution in [3.63, 3.8) is 0 Å². The summed E-state index contributed by atoms with van der Waals surface area (Å²) in [7, 11) is -1.35. The summed E-state index contributed by atoms with van der Waals surface area (Å²) in [6.07, 6.45) is 0. The largest absolute Gasteiger partial charge is 0.488 e. The number of pyridine rings is 2. The standard InChI is InChI=1S/C18H17N.C10H8ClN.C8H11BO2/c1-12-8-13(2)10-16(9-12)18-14(3)11-15-6-4-5-7-17(15)19-18;1-7-6-8-4-2-3-5-9(8)12-10(7)11;1-6-3-7(2)5-8(4-6)9(10)11/h4-11H,1-3H3;2-6H,1H3;3-5,10-11H,1-2H3. The highest BCUT2D eigenvalue weighted by molar-refractivity contribution is 6.58. The van der Waals surface area contributed by atoms with Gasteiger partial charge in [0.1, 0.15) is 5.15 Å². The molecule has 6 rings (SSSR count). The first kappa shape index (κ1) is 30.9. The van der Waals surface area contributed by atoms with E-state index in [0.717, 1.165) is 38.8 Å². The molecule has 0 unspecified atom stereocenters. The number of hydrogen-bond donors (Lipinski definition) is 2. The van der Waals surface area contributed by atoms with Gasteiger partial charge >= 0.3 is 7.12 Å². The summed E-state index contributed by atoms with van der Waals surface area (Å²) < 4.78 is 0. The van der Waals surface area contributed by atoms with Crippen LogP contribution in [0, 0.1) is 41.5 Å². The van der Waals surface area contributed by atoms with Gasteiger partial charge in [0.05, 0.1) is 16.7 Å². The van der Waals surface area contributed by atoms with E-state index in [0.29, 0.717) is 10.6 Å². The predicted molar refractivity (Wildman–Crippen MR) is 179 cm³/mol. The van der Waals surface area contributed by atoms with E-state index in [2.05, 4.69) is 68.2 Å². The highest BCUT2D eigenvalue weighted by Gasteiger charge is 2.10. The van der Waals surface area contributed by atoms with Crippen molar-refractivity contribution >= 4 is 46.0 Å². The molecule has 2 aromatic heterocycles. The first-order valence-corrected chi connectivity index (χ1v) is 14.3. The monoisotopic (exact) mass is 574 g/mol. The maximum atomic E-state index is 8.83. The number of para-hydroxylation sites is 2. The van der Waals surface area contributed by atoms with Gasteiger partial charge in [0.25, 0.3) is 0 Å². The van der Waals surface area contributed by atoms with E-state index in [-0.39, 0.29) is 0 Å². The molecular weight excluding hydrogens is 539 g/mol. The average molecular weight is 575 g/mol. The number of aromatic nitrogens is 2. The number of nitrogens with zero attached hydrogens (tertiary/aromatic N) is 2. The van der Waals surface area contributed by atoms with Gasteiger partial charge in [-0.15, -0.1) is 0 Å². The van der Waals surface area contributed by atoms with E-state index in [9.17, 15) is 0 Å². The number of rotatable bonds is 2.